The van der Waals surface area contributed by atoms with Crippen LogP contribution < -0.4 is 5.32 Å². The van der Waals surface area contributed by atoms with Gasteiger partial charge < -0.3 is 15.1 Å². The lowest BCUT2D eigenvalue weighted by Crippen LogP contribution is -2.48. The van der Waals surface area contributed by atoms with E-state index in [-0.39, 0.29) is 5.91 Å². The van der Waals surface area contributed by atoms with E-state index in [1.807, 2.05) is 4.90 Å². The molecule has 132 valence electrons. The van der Waals surface area contributed by atoms with Gasteiger partial charge in [0.1, 0.15) is 0 Å². The van der Waals surface area contributed by atoms with Crippen LogP contribution in [0.15, 0.2) is 36.7 Å². The van der Waals surface area contributed by atoms with E-state index in [9.17, 15) is 4.79 Å². The zero-order valence-corrected chi connectivity index (χ0v) is 15.5. The second-order valence-electron chi connectivity index (χ2n) is 5.94. The van der Waals surface area contributed by atoms with Crippen LogP contribution in [0.4, 0.5) is 11.4 Å². The number of pyridine rings is 1. The van der Waals surface area contributed by atoms with Gasteiger partial charge in [-0.25, -0.2) is 0 Å². The van der Waals surface area contributed by atoms with E-state index in [0.717, 1.165) is 32.7 Å². The highest BCUT2D eigenvalue weighted by atomic mass is 35.5. The van der Waals surface area contributed by atoms with Crippen LogP contribution in [0.1, 0.15) is 17.3 Å². The molecule has 25 heavy (non-hydrogen) atoms. The second-order valence-corrected chi connectivity index (χ2v) is 6.78. The average molecular weight is 379 g/mol. The lowest BCUT2D eigenvalue weighted by molar-refractivity contribution is 0.0643. The average Bonchev–Trinajstić information content (AvgIpc) is 2.64. The highest BCUT2D eigenvalue weighted by molar-refractivity contribution is 6.36. The minimum absolute atomic E-state index is 0.00843. The molecule has 1 aliphatic heterocycles. The van der Waals surface area contributed by atoms with Crippen molar-refractivity contribution in [3.8, 4) is 0 Å². The predicted octanol–water partition coefficient (Wildman–Crippen LogP) is 3.91. The Hall–Kier alpha value is -1.82. The van der Waals surface area contributed by atoms with Gasteiger partial charge in [-0.15, -0.1) is 0 Å². The Labute approximate surface area is 157 Å². The van der Waals surface area contributed by atoms with Crippen LogP contribution in [-0.4, -0.2) is 53.4 Å². The second kappa shape index (κ2) is 8.04. The Balaban J connectivity index is 1.72. The number of hydrogen-bond donors (Lipinski definition) is 1. The first kappa shape index (κ1) is 18.0. The summed E-state index contributed by atoms with van der Waals surface area (Å²) in [5, 5.41) is 4.27. The number of carbonyl (C=O) groups excluding carboxylic acids is 1. The summed E-state index contributed by atoms with van der Waals surface area (Å²) in [5.41, 5.74) is 2.00. The number of aromatic nitrogens is 1. The van der Waals surface area contributed by atoms with Crippen LogP contribution in [0, 0.1) is 0 Å². The third-order valence-corrected chi connectivity index (χ3v) is 4.85. The monoisotopic (exact) mass is 378 g/mol. The van der Waals surface area contributed by atoms with Gasteiger partial charge in [-0.1, -0.05) is 30.1 Å². The first-order chi connectivity index (χ1) is 12.1. The largest absolute Gasteiger partial charge is 0.353 e. The fraction of sp³-hybridized carbons (Fsp3) is 0.333. The van der Waals surface area contributed by atoms with Crippen molar-refractivity contribution < 1.29 is 4.79 Å². The number of likely N-dealkylation sites (N-methyl/N-ethyl adjacent to an activating group) is 1. The molecule has 2 heterocycles. The molecule has 0 atom stereocenters. The molecular weight excluding hydrogens is 359 g/mol. The van der Waals surface area contributed by atoms with E-state index >= 15 is 0 Å². The van der Waals surface area contributed by atoms with Gasteiger partial charge in [0, 0.05) is 37.4 Å². The van der Waals surface area contributed by atoms with E-state index in [2.05, 4.69) is 22.1 Å². The maximum absolute atomic E-state index is 12.7. The van der Waals surface area contributed by atoms with E-state index in [1.165, 1.54) is 0 Å². The van der Waals surface area contributed by atoms with Gasteiger partial charge in [-0.2, -0.15) is 0 Å². The normalized spacial score (nSPS) is 15.2. The molecule has 0 unspecified atom stereocenters. The first-order valence-electron chi connectivity index (χ1n) is 8.25. The van der Waals surface area contributed by atoms with Crippen molar-refractivity contribution in [2.75, 3.05) is 38.0 Å². The molecule has 2 aromatic rings. The molecule has 1 aliphatic rings. The van der Waals surface area contributed by atoms with Crippen LogP contribution >= 0.6 is 23.2 Å². The summed E-state index contributed by atoms with van der Waals surface area (Å²) >= 11 is 12.1. The van der Waals surface area contributed by atoms with E-state index < -0.39 is 0 Å². The lowest BCUT2D eigenvalue weighted by atomic mass is 10.2. The van der Waals surface area contributed by atoms with Crippen LogP contribution in [0.3, 0.4) is 0 Å². The molecule has 1 amide bonds. The van der Waals surface area contributed by atoms with Crippen LogP contribution in [0.25, 0.3) is 0 Å². The number of hydrogen-bond acceptors (Lipinski definition) is 4. The van der Waals surface area contributed by atoms with Gasteiger partial charge in [0.25, 0.3) is 5.91 Å². The summed E-state index contributed by atoms with van der Waals surface area (Å²) in [6.45, 7) is 6.46. The molecule has 1 fully saturated rings. The van der Waals surface area contributed by atoms with Crippen molar-refractivity contribution in [3.63, 3.8) is 0 Å². The number of benzene rings is 1. The van der Waals surface area contributed by atoms with E-state index in [4.69, 9.17) is 23.2 Å². The molecule has 1 saturated heterocycles. The first-order valence-corrected chi connectivity index (χ1v) is 9.01. The molecule has 1 aromatic heterocycles. The molecule has 7 heteroatoms. The predicted molar refractivity (Wildman–Crippen MR) is 102 cm³/mol. The Morgan fingerprint density at radius 2 is 1.92 bits per heavy atom. The molecule has 0 radical (unpaired) electrons. The topological polar surface area (TPSA) is 48.5 Å². The summed E-state index contributed by atoms with van der Waals surface area (Å²) in [5.74, 6) is 0.00843. The van der Waals surface area contributed by atoms with Crippen molar-refractivity contribution in [1.82, 2.24) is 14.8 Å². The number of anilines is 2. The fourth-order valence-corrected chi connectivity index (χ4v) is 3.28. The van der Waals surface area contributed by atoms with Crippen LogP contribution in [-0.2, 0) is 0 Å². The SMILES string of the molecule is CCN1CCN(C(=O)c2cncc(Nc3ccc(Cl)cc3Cl)c2)CC1. The fourth-order valence-electron chi connectivity index (χ4n) is 2.82. The molecule has 0 aliphatic carbocycles. The molecule has 0 saturated carbocycles. The summed E-state index contributed by atoms with van der Waals surface area (Å²) in [6.07, 6.45) is 3.26. The number of nitrogens with zero attached hydrogens (tertiary/aromatic N) is 3. The van der Waals surface area contributed by atoms with Crippen molar-refractivity contribution in [3.05, 3.63) is 52.3 Å². The highest BCUT2D eigenvalue weighted by Crippen LogP contribution is 2.28. The highest BCUT2D eigenvalue weighted by Gasteiger charge is 2.21. The zero-order valence-electron chi connectivity index (χ0n) is 14.0. The van der Waals surface area contributed by atoms with Crippen molar-refractivity contribution in [1.29, 1.82) is 0 Å². The van der Waals surface area contributed by atoms with Gasteiger partial charge >= 0.3 is 0 Å². The maximum Gasteiger partial charge on any atom is 0.255 e. The zero-order chi connectivity index (χ0) is 17.8. The van der Waals surface area contributed by atoms with Crippen molar-refractivity contribution >= 4 is 40.5 Å². The van der Waals surface area contributed by atoms with Crippen molar-refractivity contribution in [2.24, 2.45) is 0 Å². The van der Waals surface area contributed by atoms with Gasteiger partial charge in [-0.05, 0) is 30.8 Å². The number of nitrogens with one attached hydrogen (secondary N) is 1. The Morgan fingerprint density at radius 3 is 2.60 bits per heavy atom. The van der Waals surface area contributed by atoms with Gasteiger partial charge in [0.05, 0.1) is 28.2 Å². The molecular formula is C18H20Cl2N4O. The third kappa shape index (κ3) is 4.42. The van der Waals surface area contributed by atoms with Crippen LogP contribution in [0.2, 0.25) is 10.0 Å². The maximum atomic E-state index is 12.7. The molecule has 3 rings (SSSR count). The van der Waals surface area contributed by atoms with Crippen molar-refractivity contribution in [2.45, 2.75) is 6.92 Å². The molecule has 1 aromatic carbocycles. The Bertz CT molecular complexity index is 760. The lowest BCUT2D eigenvalue weighted by Gasteiger charge is -2.34. The number of amides is 1. The smallest absolute Gasteiger partial charge is 0.255 e. The third-order valence-electron chi connectivity index (χ3n) is 4.30. The molecule has 0 spiro atoms. The minimum atomic E-state index is 0.00843. The molecule has 1 N–H and O–H groups in total. The molecule has 5 nitrogen and oxygen atoms in total. The number of carbonyl (C=O) groups is 1. The number of piperazine rings is 1. The van der Waals surface area contributed by atoms with E-state index in [0.29, 0.717) is 27.0 Å². The quantitative estimate of drug-likeness (QED) is 0.875. The summed E-state index contributed by atoms with van der Waals surface area (Å²) < 4.78 is 0. The van der Waals surface area contributed by atoms with Gasteiger partial charge in [0.2, 0.25) is 0 Å². The number of halogens is 2. The Morgan fingerprint density at radius 1 is 1.16 bits per heavy atom. The molecule has 0 bridgehead atoms. The Kier molecular flexibility index (Phi) is 5.78. The summed E-state index contributed by atoms with van der Waals surface area (Å²) in [7, 11) is 0. The van der Waals surface area contributed by atoms with Gasteiger partial charge in [0.15, 0.2) is 0 Å². The summed E-state index contributed by atoms with van der Waals surface area (Å²) in [6, 6.07) is 7.02. The van der Waals surface area contributed by atoms with E-state index in [1.54, 1.807) is 36.7 Å². The summed E-state index contributed by atoms with van der Waals surface area (Å²) in [4.78, 5) is 21.1. The number of rotatable bonds is 4. The standard InChI is InChI=1S/C18H20Cl2N4O/c1-2-23-5-7-24(8-6-23)18(25)13-9-15(12-21-11-13)22-17-4-3-14(19)10-16(17)20/h3-4,9-12,22H,2,5-8H2,1H3. The van der Waals surface area contributed by atoms with Crippen LogP contribution in [0.5, 0.6) is 0 Å². The minimum Gasteiger partial charge on any atom is -0.353 e. The van der Waals surface area contributed by atoms with Gasteiger partial charge in [-0.3, -0.25) is 9.78 Å².